The van der Waals surface area contributed by atoms with Crippen LogP contribution in [-0.2, 0) is 10.0 Å². The maximum absolute atomic E-state index is 11.9. The molecule has 5 rings (SSSR count). The normalized spacial score (nSPS) is 17.0. The third-order valence-electron chi connectivity index (χ3n) is 6.98. The van der Waals surface area contributed by atoms with Crippen molar-refractivity contribution in [2.75, 3.05) is 30.1 Å². The predicted molar refractivity (Wildman–Crippen MR) is 161 cm³/mol. The van der Waals surface area contributed by atoms with Gasteiger partial charge in [0.15, 0.2) is 5.11 Å². The second-order valence-corrected chi connectivity index (χ2v) is 11.8. The number of aryl methyl sites for hydroxylation is 1. The second-order valence-electron chi connectivity index (χ2n) is 9.62. The molecule has 1 aliphatic rings. The van der Waals surface area contributed by atoms with Gasteiger partial charge in [-0.1, -0.05) is 6.07 Å². The van der Waals surface area contributed by atoms with E-state index >= 15 is 0 Å². The fraction of sp³-hybridized carbons (Fsp3) is 0.241. The number of rotatable bonds is 8. The first-order valence-electron chi connectivity index (χ1n) is 12.6. The van der Waals surface area contributed by atoms with Gasteiger partial charge >= 0.3 is 0 Å². The Hall–Kier alpha value is -4.09. The predicted octanol–water partition coefficient (Wildman–Crippen LogP) is 5.05. The van der Waals surface area contributed by atoms with Crippen LogP contribution in [0.3, 0.4) is 0 Å². The quantitative estimate of drug-likeness (QED) is 0.281. The fourth-order valence-corrected chi connectivity index (χ4v) is 6.19. The molecule has 4 aromatic rings. The molecule has 2 atom stereocenters. The van der Waals surface area contributed by atoms with Crippen molar-refractivity contribution in [2.24, 2.45) is 0 Å². The van der Waals surface area contributed by atoms with E-state index in [9.17, 15) is 8.42 Å². The van der Waals surface area contributed by atoms with Crippen molar-refractivity contribution in [1.29, 1.82) is 0 Å². The number of hydrogen-bond donors (Lipinski definition) is 2. The van der Waals surface area contributed by atoms with E-state index in [0.717, 1.165) is 46.0 Å². The lowest BCUT2D eigenvalue weighted by Crippen LogP contribution is -2.29. The van der Waals surface area contributed by atoms with Gasteiger partial charge in [-0.3, -0.25) is 9.71 Å². The number of sulfonamides is 1. The van der Waals surface area contributed by atoms with Crippen molar-refractivity contribution >= 4 is 38.7 Å². The van der Waals surface area contributed by atoms with Crippen molar-refractivity contribution in [1.82, 2.24) is 14.9 Å². The number of nitrogens with one attached hydrogen (secondary N) is 2. The number of ether oxygens (including phenoxy) is 2. The molecule has 2 aromatic carbocycles. The van der Waals surface area contributed by atoms with E-state index in [1.807, 2.05) is 53.4 Å². The molecular weight excluding hydrogens is 546 g/mol. The molecule has 1 aliphatic heterocycles. The molecule has 2 N–H and O–H groups in total. The SMILES string of the molecule is COc1ccc(-n2c(C)cc([C@H]3[C@H](c4ccccn4)NC(=S)N3c3ccc(NS(C)(=O)=O)c(OC)c3)c2C)cc1. The molecule has 0 aliphatic carbocycles. The van der Waals surface area contributed by atoms with Crippen LogP contribution in [0.4, 0.5) is 11.4 Å². The van der Waals surface area contributed by atoms with Gasteiger partial charge in [-0.2, -0.15) is 0 Å². The van der Waals surface area contributed by atoms with Gasteiger partial charge in [0.05, 0.1) is 43.9 Å². The summed E-state index contributed by atoms with van der Waals surface area (Å²) in [4.78, 5) is 6.70. The second kappa shape index (κ2) is 10.8. The van der Waals surface area contributed by atoms with E-state index in [-0.39, 0.29) is 12.1 Å². The van der Waals surface area contributed by atoms with Crippen molar-refractivity contribution in [2.45, 2.75) is 25.9 Å². The number of pyridine rings is 1. The molecule has 0 amide bonds. The van der Waals surface area contributed by atoms with Gasteiger partial charge < -0.3 is 24.3 Å². The Labute approximate surface area is 239 Å². The van der Waals surface area contributed by atoms with Gasteiger partial charge in [-0.15, -0.1) is 0 Å². The summed E-state index contributed by atoms with van der Waals surface area (Å²) in [5.41, 5.74) is 6.19. The lowest BCUT2D eigenvalue weighted by molar-refractivity contribution is 0.414. The maximum atomic E-state index is 11.9. The molecule has 0 saturated carbocycles. The minimum Gasteiger partial charge on any atom is -0.497 e. The smallest absolute Gasteiger partial charge is 0.229 e. The first-order valence-corrected chi connectivity index (χ1v) is 14.9. The topological polar surface area (TPSA) is 97.7 Å². The lowest BCUT2D eigenvalue weighted by Gasteiger charge is -2.29. The third-order valence-corrected chi connectivity index (χ3v) is 7.88. The average Bonchev–Trinajstić information content (AvgIpc) is 3.43. The van der Waals surface area contributed by atoms with Gasteiger partial charge in [-0.05, 0) is 86.2 Å². The van der Waals surface area contributed by atoms with Crippen LogP contribution in [0.15, 0.2) is 72.9 Å². The molecule has 0 bridgehead atoms. The number of thiocarbonyl (C=S) groups is 1. The van der Waals surface area contributed by atoms with Crippen LogP contribution >= 0.6 is 12.2 Å². The maximum Gasteiger partial charge on any atom is 0.229 e. The number of anilines is 2. The Morgan fingerprint density at radius 3 is 2.33 bits per heavy atom. The van der Waals surface area contributed by atoms with E-state index in [0.29, 0.717) is 16.5 Å². The summed E-state index contributed by atoms with van der Waals surface area (Å²) in [5, 5.41) is 4.01. The monoisotopic (exact) mass is 577 g/mol. The van der Waals surface area contributed by atoms with Crippen LogP contribution in [0.5, 0.6) is 11.5 Å². The Morgan fingerprint density at radius 1 is 0.975 bits per heavy atom. The molecule has 0 spiro atoms. The minimum atomic E-state index is -3.49. The van der Waals surface area contributed by atoms with Gasteiger partial charge in [0, 0.05) is 35.0 Å². The highest BCUT2D eigenvalue weighted by atomic mass is 32.2. The summed E-state index contributed by atoms with van der Waals surface area (Å²) in [7, 11) is -0.333. The zero-order valence-corrected chi connectivity index (χ0v) is 24.5. The Balaban J connectivity index is 1.65. The fourth-order valence-electron chi connectivity index (χ4n) is 5.28. The van der Waals surface area contributed by atoms with Crippen molar-refractivity contribution in [3.05, 3.63) is 95.6 Å². The summed E-state index contributed by atoms with van der Waals surface area (Å²) in [5.74, 6) is 1.18. The molecule has 1 fully saturated rings. The summed E-state index contributed by atoms with van der Waals surface area (Å²) in [6.07, 6.45) is 2.88. The molecule has 9 nitrogen and oxygen atoms in total. The van der Waals surface area contributed by atoms with Crippen LogP contribution in [0.25, 0.3) is 5.69 Å². The van der Waals surface area contributed by atoms with Crippen LogP contribution in [-0.4, -0.2) is 43.6 Å². The van der Waals surface area contributed by atoms with E-state index in [1.165, 1.54) is 7.11 Å². The number of benzene rings is 2. The molecule has 2 aromatic heterocycles. The molecule has 1 saturated heterocycles. The number of methoxy groups -OCH3 is 2. The van der Waals surface area contributed by atoms with E-state index < -0.39 is 10.0 Å². The largest absolute Gasteiger partial charge is 0.497 e. The van der Waals surface area contributed by atoms with Gasteiger partial charge in [0.1, 0.15) is 11.5 Å². The molecule has 0 unspecified atom stereocenters. The molecular formula is C29H31N5O4S2. The molecule has 3 heterocycles. The van der Waals surface area contributed by atoms with E-state index in [4.69, 9.17) is 21.7 Å². The summed E-state index contributed by atoms with van der Waals surface area (Å²) in [6, 6.07) is 20.8. The standard InChI is InChI=1S/C29H31N5O4S2/c1-18-16-23(19(2)33(18)20-9-12-22(37-3)13-10-20)28-27(25-8-6-7-15-30-25)31-29(39)34(28)21-11-14-24(26(17-21)38-4)32-40(5,35)36/h6-17,27-28,32H,1-5H3,(H,31,39)/t27-,28-/m0/s1. The van der Waals surface area contributed by atoms with Crippen molar-refractivity contribution in [3.63, 3.8) is 0 Å². The Morgan fingerprint density at radius 2 is 1.70 bits per heavy atom. The zero-order chi connectivity index (χ0) is 28.6. The van der Waals surface area contributed by atoms with E-state index in [2.05, 4.69) is 39.5 Å². The van der Waals surface area contributed by atoms with E-state index in [1.54, 1.807) is 25.4 Å². The first-order chi connectivity index (χ1) is 19.1. The number of hydrogen-bond acceptors (Lipinski definition) is 6. The zero-order valence-electron chi connectivity index (χ0n) is 22.9. The highest BCUT2D eigenvalue weighted by molar-refractivity contribution is 7.92. The highest BCUT2D eigenvalue weighted by Gasteiger charge is 2.42. The number of aromatic nitrogens is 2. The van der Waals surface area contributed by atoms with Gasteiger partial charge in [0.25, 0.3) is 0 Å². The molecule has 208 valence electrons. The summed E-state index contributed by atoms with van der Waals surface area (Å²) in [6.45, 7) is 4.18. The summed E-state index contributed by atoms with van der Waals surface area (Å²) < 4.78 is 39.4. The average molecular weight is 578 g/mol. The number of nitrogens with zero attached hydrogens (tertiary/aromatic N) is 3. The minimum absolute atomic E-state index is 0.238. The van der Waals surface area contributed by atoms with Crippen LogP contribution in [0.2, 0.25) is 0 Å². The lowest BCUT2D eigenvalue weighted by atomic mass is 9.96. The Kier molecular flexibility index (Phi) is 7.43. The van der Waals surface area contributed by atoms with Crippen LogP contribution < -0.4 is 24.4 Å². The first kappa shape index (κ1) is 27.5. The molecule has 0 radical (unpaired) electrons. The van der Waals surface area contributed by atoms with Crippen molar-refractivity contribution in [3.8, 4) is 17.2 Å². The van der Waals surface area contributed by atoms with Crippen LogP contribution in [0.1, 0.15) is 34.7 Å². The summed E-state index contributed by atoms with van der Waals surface area (Å²) >= 11 is 5.89. The van der Waals surface area contributed by atoms with Gasteiger partial charge in [-0.25, -0.2) is 8.42 Å². The molecule has 40 heavy (non-hydrogen) atoms. The molecule has 11 heteroatoms. The third kappa shape index (κ3) is 5.22. The van der Waals surface area contributed by atoms with Crippen molar-refractivity contribution < 1.29 is 17.9 Å². The highest BCUT2D eigenvalue weighted by Crippen LogP contribution is 2.45. The van der Waals surface area contributed by atoms with Gasteiger partial charge in [0.2, 0.25) is 10.0 Å². The van der Waals surface area contributed by atoms with Crippen LogP contribution in [0, 0.1) is 13.8 Å². The Bertz CT molecular complexity index is 1650.